The Hall–Kier alpha value is -0.210. The van der Waals surface area contributed by atoms with Crippen molar-refractivity contribution >= 4 is 39.8 Å². The number of hydrogen-bond donors (Lipinski definition) is 1. The van der Waals surface area contributed by atoms with Crippen LogP contribution in [0, 0.1) is 6.92 Å². The third kappa shape index (κ3) is 2.64. The molecule has 0 atom stereocenters. The Kier molecular flexibility index (Phi) is 4.27. The van der Waals surface area contributed by atoms with Crippen LogP contribution in [0.3, 0.4) is 0 Å². The second-order valence-electron chi connectivity index (χ2n) is 2.89. The summed E-state index contributed by atoms with van der Waals surface area (Å²) in [4.78, 5) is 0. The lowest BCUT2D eigenvalue weighted by Gasteiger charge is -2.07. The van der Waals surface area contributed by atoms with E-state index in [0.717, 1.165) is 5.56 Å². The van der Waals surface area contributed by atoms with Crippen molar-refractivity contribution in [2.24, 2.45) is 0 Å². The molecule has 0 aromatic heterocycles. The van der Waals surface area contributed by atoms with Gasteiger partial charge in [-0.3, -0.25) is 0 Å². The topological polar surface area (TPSA) is 20.2 Å². The molecule has 0 radical (unpaired) electrons. The van der Waals surface area contributed by atoms with Gasteiger partial charge in [-0.15, -0.1) is 0 Å². The molecule has 4 heteroatoms. The molecule has 0 aliphatic heterocycles. The fourth-order valence-electron chi connectivity index (χ4n) is 1.13. The molecule has 1 nitrogen and oxygen atoms in total. The van der Waals surface area contributed by atoms with Gasteiger partial charge in [0.1, 0.15) is 4.49 Å². The molecule has 14 heavy (non-hydrogen) atoms. The minimum Gasteiger partial charge on any atom is -0.392 e. The largest absolute Gasteiger partial charge is 0.392 e. The van der Waals surface area contributed by atoms with Gasteiger partial charge in [-0.05, 0) is 12.5 Å². The van der Waals surface area contributed by atoms with Crippen molar-refractivity contribution in [1.29, 1.82) is 0 Å². The average molecular weight is 252 g/mol. The van der Waals surface area contributed by atoms with Gasteiger partial charge < -0.3 is 5.11 Å². The van der Waals surface area contributed by atoms with Crippen LogP contribution in [0.1, 0.15) is 16.7 Å². The second-order valence-corrected chi connectivity index (χ2v) is 4.22. The van der Waals surface area contributed by atoms with Crippen molar-refractivity contribution in [3.8, 4) is 0 Å². The Bertz CT molecular complexity index is 368. The molecule has 0 aliphatic rings. The highest BCUT2D eigenvalue weighted by Crippen LogP contribution is 2.30. The molecule has 1 aromatic carbocycles. The van der Waals surface area contributed by atoms with Gasteiger partial charge in [0, 0.05) is 5.56 Å². The maximum absolute atomic E-state index is 9.07. The van der Waals surface area contributed by atoms with E-state index in [1.54, 1.807) is 6.07 Å². The Labute approximate surface area is 97.9 Å². The number of aliphatic hydroxyl groups excluding tert-OH is 1. The second kappa shape index (κ2) is 5.04. The summed E-state index contributed by atoms with van der Waals surface area (Å²) in [6.07, 6.45) is 0. The molecule has 76 valence electrons. The molecule has 0 saturated heterocycles. The van der Waals surface area contributed by atoms with E-state index < -0.39 is 0 Å². The zero-order chi connectivity index (χ0) is 10.7. The smallest absolute Gasteiger partial charge is 0.126 e. The van der Waals surface area contributed by atoms with Gasteiger partial charge in [0.15, 0.2) is 0 Å². The van der Waals surface area contributed by atoms with E-state index in [9.17, 15) is 0 Å². The van der Waals surface area contributed by atoms with Crippen molar-refractivity contribution in [2.75, 3.05) is 0 Å². The first kappa shape index (κ1) is 11.9. The van der Waals surface area contributed by atoms with Crippen LogP contribution in [0.5, 0.6) is 0 Å². The van der Waals surface area contributed by atoms with E-state index >= 15 is 0 Å². The fraction of sp³-hybridized carbons (Fsp3) is 0.200. The summed E-state index contributed by atoms with van der Waals surface area (Å²) < 4.78 is 0.00645. The molecule has 0 aliphatic carbocycles. The molecule has 0 spiro atoms. The third-order valence-corrected chi connectivity index (χ3v) is 2.80. The van der Waals surface area contributed by atoms with E-state index in [0.29, 0.717) is 11.1 Å². The minimum atomic E-state index is -0.0904. The molecule has 1 rings (SSSR count). The van der Waals surface area contributed by atoms with Crippen LogP contribution in [-0.2, 0) is 6.61 Å². The third-order valence-electron chi connectivity index (χ3n) is 1.84. The van der Waals surface area contributed by atoms with Crippen LogP contribution in [-0.4, -0.2) is 5.11 Å². The number of aliphatic hydroxyl groups is 1. The van der Waals surface area contributed by atoms with Crippen LogP contribution in [0.4, 0.5) is 0 Å². The highest BCUT2D eigenvalue weighted by Gasteiger charge is 2.08. The maximum Gasteiger partial charge on any atom is 0.126 e. The van der Waals surface area contributed by atoms with Gasteiger partial charge in [-0.1, -0.05) is 58.6 Å². The average Bonchev–Trinajstić information content (AvgIpc) is 2.16. The first-order valence-corrected chi connectivity index (χ1v) is 5.11. The first-order valence-electron chi connectivity index (χ1n) is 3.97. The van der Waals surface area contributed by atoms with Gasteiger partial charge in [-0.2, -0.15) is 0 Å². The standard InChI is InChI=1S/C10H9Cl3O/c1-6-2-3-7(5-14)8(4-6)9(11)10(12)13/h2-4,14H,5H2,1H3. The van der Waals surface area contributed by atoms with Crippen LogP contribution in [0.2, 0.25) is 0 Å². The predicted octanol–water partition coefficient (Wildman–Crippen LogP) is 3.83. The van der Waals surface area contributed by atoms with Crippen LogP contribution in [0.25, 0.3) is 5.03 Å². The van der Waals surface area contributed by atoms with E-state index in [2.05, 4.69) is 0 Å². The van der Waals surface area contributed by atoms with Gasteiger partial charge in [0.05, 0.1) is 11.6 Å². The predicted molar refractivity (Wildman–Crippen MR) is 61.6 cm³/mol. The van der Waals surface area contributed by atoms with Crippen molar-refractivity contribution in [2.45, 2.75) is 13.5 Å². The molecular formula is C10H9Cl3O. The summed E-state index contributed by atoms with van der Waals surface area (Å²) in [5, 5.41) is 9.34. The lowest BCUT2D eigenvalue weighted by molar-refractivity contribution is 0.281. The van der Waals surface area contributed by atoms with E-state index in [-0.39, 0.29) is 16.1 Å². The summed E-state index contributed by atoms with van der Waals surface area (Å²) in [5.74, 6) is 0. The van der Waals surface area contributed by atoms with Crippen molar-refractivity contribution in [1.82, 2.24) is 0 Å². The molecule has 0 saturated carbocycles. The van der Waals surface area contributed by atoms with Crippen molar-refractivity contribution < 1.29 is 5.11 Å². The number of aryl methyl sites for hydroxylation is 1. The van der Waals surface area contributed by atoms with E-state index in [1.807, 2.05) is 19.1 Å². The summed E-state index contributed by atoms with van der Waals surface area (Å²) in [7, 11) is 0. The lowest BCUT2D eigenvalue weighted by atomic mass is 10.1. The highest BCUT2D eigenvalue weighted by atomic mass is 35.5. The van der Waals surface area contributed by atoms with Crippen LogP contribution in [0.15, 0.2) is 22.7 Å². The molecule has 0 unspecified atom stereocenters. The number of halogens is 3. The van der Waals surface area contributed by atoms with Crippen molar-refractivity contribution in [3.05, 3.63) is 39.4 Å². The molecular weight excluding hydrogens is 242 g/mol. The molecule has 0 amide bonds. The van der Waals surface area contributed by atoms with E-state index in [1.165, 1.54) is 0 Å². The van der Waals surface area contributed by atoms with Gasteiger partial charge >= 0.3 is 0 Å². The minimum absolute atomic E-state index is 0.00645. The number of rotatable bonds is 2. The normalized spacial score (nSPS) is 10.1. The summed E-state index contributed by atoms with van der Waals surface area (Å²) in [5.41, 5.74) is 2.42. The first-order chi connectivity index (χ1) is 6.56. The molecule has 1 N–H and O–H groups in total. The SMILES string of the molecule is Cc1ccc(CO)c(C(Cl)=C(Cl)Cl)c1. The quantitative estimate of drug-likeness (QED) is 0.847. The molecule has 0 bridgehead atoms. The highest BCUT2D eigenvalue weighted by molar-refractivity contribution is 6.66. The monoisotopic (exact) mass is 250 g/mol. The Morgan fingerprint density at radius 3 is 2.43 bits per heavy atom. The zero-order valence-electron chi connectivity index (χ0n) is 7.52. The van der Waals surface area contributed by atoms with Gasteiger partial charge in [-0.25, -0.2) is 0 Å². The Balaban J connectivity index is 3.31. The zero-order valence-corrected chi connectivity index (χ0v) is 9.79. The summed E-state index contributed by atoms with van der Waals surface area (Å²) >= 11 is 17.1. The van der Waals surface area contributed by atoms with E-state index in [4.69, 9.17) is 39.9 Å². The summed E-state index contributed by atoms with van der Waals surface area (Å²) in [6, 6.07) is 5.52. The van der Waals surface area contributed by atoms with Gasteiger partial charge in [0.25, 0.3) is 0 Å². The Morgan fingerprint density at radius 2 is 1.93 bits per heavy atom. The Morgan fingerprint density at radius 1 is 1.29 bits per heavy atom. The number of hydrogen-bond acceptors (Lipinski definition) is 1. The summed E-state index contributed by atoms with van der Waals surface area (Å²) in [6.45, 7) is 1.84. The van der Waals surface area contributed by atoms with Crippen molar-refractivity contribution in [3.63, 3.8) is 0 Å². The van der Waals surface area contributed by atoms with Crippen LogP contribution < -0.4 is 0 Å². The lowest BCUT2D eigenvalue weighted by Crippen LogP contribution is -1.91. The van der Waals surface area contributed by atoms with Gasteiger partial charge in [0.2, 0.25) is 0 Å². The number of benzene rings is 1. The fourth-order valence-corrected chi connectivity index (χ4v) is 1.51. The molecule has 0 heterocycles. The van der Waals surface area contributed by atoms with Crippen LogP contribution >= 0.6 is 34.8 Å². The molecule has 1 aromatic rings. The molecule has 0 fully saturated rings. The maximum atomic E-state index is 9.07.